The summed E-state index contributed by atoms with van der Waals surface area (Å²) in [7, 11) is 0. The van der Waals surface area contributed by atoms with Crippen molar-refractivity contribution in [3.8, 4) is 0 Å². The number of carbonyl (C=O) groups excluding carboxylic acids is 6. The fourth-order valence-electron chi connectivity index (χ4n) is 4.77. The molecule has 0 aromatic heterocycles. The maximum absolute atomic E-state index is 11.8. The molecule has 59 heavy (non-hydrogen) atoms. The van der Waals surface area contributed by atoms with Gasteiger partial charge in [-0.3, -0.25) is 28.8 Å². The van der Waals surface area contributed by atoms with E-state index < -0.39 is 10.8 Å². The van der Waals surface area contributed by atoms with Gasteiger partial charge in [0.15, 0.2) is 0 Å². The molecule has 6 N–H and O–H groups in total. The van der Waals surface area contributed by atoms with Gasteiger partial charge in [0.05, 0.1) is 103 Å². The highest BCUT2D eigenvalue weighted by molar-refractivity contribution is 5.87. The Bertz CT molecular complexity index is 1130. The quantitative estimate of drug-likeness (QED) is 0.0332. The lowest BCUT2D eigenvalue weighted by molar-refractivity contribution is -0.142. The Labute approximate surface area is 348 Å². The second-order valence-electron chi connectivity index (χ2n) is 13.2. The molecular weight excluding hydrogens is 772 g/mol. The van der Waals surface area contributed by atoms with Crippen LogP contribution in [0.5, 0.6) is 0 Å². The van der Waals surface area contributed by atoms with E-state index in [4.69, 9.17) is 33.2 Å². The molecule has 0 aliphatic heterocycles. The molecule has 0 rings (SSSR count). The summed E-state index contributed by atoms with van der Waals surface area (Å²) < 4.78 is 42.7. The first-order chi connectivity index (χ1) is 28.4. The highest BCUT2D eigenvalue weighted by atomic mass is 16.5. The molecule has 19 heteroatoms. The Morgan fingerprint density at radius 2 is 0.576 bits per heavy atom. The van der Waals surface area contributed by atoms with Crippen LogP contribution in [0.1, 0.15) is 26.7 Å². The number of hydrogen-bond donors (Lipinski definition) is 6. The molecule has 0 heterocycles. The van der Waals surface area contributed by atoms with Gasteiger partial charge >= 0.3 is 0 Å². The first-order valence-electron chi connectivity index (χ1n) is 19.6. The van der Waals surface area contributed by atoms with Crippen molar-refractivity contribution in [1.82, 2.24) is 31.9 Å². The summed E-state index contributed by atoms with van der Waals surface area (Å²) in [5, 5.41) is 16.2. The summed E-state index contributed by atoms with van der Waals surface area (Å²) in [6.45, 7) is 19.9. The van der Waals surface area contributed by atoms with Gasteiger partial charge in [0, 0.05) is 52.1 Å². The average Bonchev–Trinajstić information content (AvgIpc) is 3.24. The van der Waals surface area contributed by atoms with Crippen LogP contribution in [-0.2, 0) is 61.9 Å². The lowest BCUT2D eigenvalue weighted by Gasteiger charge is -2.37. The monoisotopic (exact) mass is 840 g/mol. The highest BCUT2D eigenvalue weighted by Gasteiger charge is 2.37. The molecule has 0 aliphatic rings. The predicted octanol–water partition coefficient (Wildman–Crippen LogP) is -0.663. The average molecular weight is 841 g/mol. The number of nitrogens with one attached hydrogen (secondary N) is 6. The summed E-state index contributed by atoms with van der Waals surface area (Å²) in [6.07, 6.45) is 5.26. The molecule has 0 aromatic rings. The van der Waals surface area contributed by atoms with Gasteiger partial charge < -0.3 is 65.1 Å². The summed E-state index contributed by atoms with van der Waals surface area (Å²) in [5.41, 5.74) is -1.91. The maximum atomic E-state index is 11.8. The van der Waals surface area contributed by atoms with E-state index in [1.165, 1.54) is 0 Å². The molecule has 0 aliphatic carbocycles. The van der Waals surface area contributed by atoms with Crippen molar-refractivity contribution in [3.05, 3.63) is 50.6 Å². The second kappa shape index (κ2) is 35.4. The topological polar surface area (TPSA) is 239 Å². The van der Waals surface area contributed by atoms with Crippen LogP contribution in [0.25, 0.3) is 0 Å². The molecule has 336 valence electrons. The van der Waals surface area contributed by atoms with Gasteiger partial charge in [0.25, 0.3) is 0 Å². The van der Waals surface area contributed by atoms with E-state index in [0.717, 1.165) is 24.3 Å². The first kappa shape index (κ1) is 54.5. The minimum atomic E-state index is -0.956. The zero-order chi connectivity index (χ0) is 44.0. The Kier molecular flexibility index (Phi) is 32.7. The number of ether oxygens (including phenoxy) is 7. The van der Waals surface area contributed by atoms with Gasteiger partial charge in [0.1, 0.15) is 0 Å². The van der Waals surface area contributed by atoms with E-state index in [1.54, 1.807) is 13.8 Å². The van der Waals surface area contributed by atoms with Crippen molar-refractivity contribution in [2.45, 2.75) is 26.7 Å². The smallest absolute Gasteiger partial charge is 0.243 e. The van der Waals surface area contributed by atoms with Crippen molar-refractivity contribution < 1.29 is 61.9 Å². The highest BCUT2D eigenvalue weighted by Crippen LogP contribution is 2.25. The SMILES string of the molecule is C=CC(=O)NCCOCC(COCCNC(=O)C=C)(COCCNC(=O)CC)COCC(COCCNC(=O)C=C)(COCCNC(=O)C=C)COCCNC(=O)CC. The Balaban J connectivity index is 6.41. The normalized spacial score (nSPS) is 11.2. The Hall–Kier alpha value is -4.50. The molecule has 0 radical (unpaired) electrons. The van der Waals surface area contributed by atoms with Gasteiger partial charge in [0.2, 0.25) is 35.4 Å². The van der Waals surface area contributed by atoms with Crippen LogP contribution in [0.4, 0.5) is 0 Å². The molecule has 19 nitrogen and oxygen atoms in total. The Morgan fingerprint density at radius 1 is 0.373 bits per heavy atom. The van der Waals surface area contributed by atoms with E-state index in [0.29, 0.717) is 12.8 Å². The third-order valence-corrected chi connectivity index (χ3v) is 7.97. The summed E-state index contributed by atoms with van der Waals surface area (Å²) in [5.74, 6) is -1.67. The molecule has 0 spiro atoms. The molecular formula is C40H68N6O13. The van der Waals surface area contributed by atoms with Crippen LogP contribution in [0.3, 0.4) is 0 Å². The largest absolute Gasteiger partial charge is 0.380 e. The lowest BCUT2D eigenvalue weighted by Crippen LogP contribution is -2.47. The Morgan fingerprint density at radius 3 is 0.780 bits per heavy atom. The van der Waals surface area contributed by atoms with Crippen LogP contribution < -0.4 is 31.9 Å². The first-order valence-corrected chi connectivity index (χ1v) is 19.6. The van der Waals surface area contributed by atoms with E-state index in [2.05, 4.69) is 58.2 Å². The minimum Gasteiger partial charge on any atom is -0.380 e. The maximum Gasteiger partial charge on any atom is 0.243 e. The summed E-state index contributed by atoms with van der Waals surface area (Å²) in [4.78, 5) is 70.5. The zero-order valence-corrected chi connectivity index (χ0v) is 35.0. The third-order valence-electron chi connectivity index (χ3n) is 7.97. The van der Waals surface area contributed by atoms with E-state index in [1.807, 2.05) is 0 Å². The number of rotatable bonds is 40. The number of amides is 6. The van der Waals surface area contributed by atoms with Crippen molar-refractivity contribution >= 4 is 35.4 Å². The molecule has 0 saturated heterocycles. The van der Waals surface area contributed by atoms with Gasteiger partial charge in [-0.1, -0.05) is 40.2 Å². The van der Waals surface area contributed by atoms with E-state index in [9.17, 15) is 28.8 Å². The van der Waals surface area contributed by atoms with Gasteiger partial charge in [-0.25, -0.2) is 0 Å². The van der Waals surface area contributed by atoms with Gasteiger partial charge in [-0.2, -0.15) is 0 Å². The lowest BCUT2D eigenvalue weighted by atomic mass is 9.90. The fraction of sp³-hybridized carbons (Fsp3) is 0.650. The summed E-state index contributed by atoms with van der Waals surface area (Å²) >= 11 is 0. The molecule has 0 aromatic carbocycles. The standard InChI is InChI=1S/C40H68N6O13/c1-7-33(47)41-13-19-53-25-39(26-54-20-14-42-34(48)8-2,27-55-21-15-43-35(49)9-3)31-59-32-40(28-56-22-16-44-36(50)10-4,29-57-23-17-45-37(51)11-5)30-58-24-18-46-38(52)12-6/h7-8,10-11H,1-2,4-5,9,12-32H2,3,6H3,(H,41,47)(H,42,48)(H,43,49)(H,44,50)(H,45,51)(H,46,52). The van der Waals surface area contributed by atoms with Crippen LogP contribution in [0.15, 0.2) is 50.6 Å². The minimum absolute atomic E-state index is 0.00540. The third kappa shape index (κ3) is 29.4. The van der Waals surface area contributed by atoms with Crippen LogP contribution in [-0.4, -0.2) is 167 Å². The molecule has 0 fully saturated rings. The van der Waals surface area contributed by atoms with Gasteiger partial charge in [-0.15, -0.1) is 0 Å². The second-order valence-corrected chi connectivity index (χ2v) is 13.2. The number of hydrogen-bond acceptors (Lipinski definition) is 13. The van der Waals surface area contributed by atoms with Crippen molar-refractivity contribution in [2.24, 2.45) is 10.8 Å². The zero-order valence-electron chi connectivity index (χ0n) is 35.0. The number of carbonyl (C=O) groups is 6. The van der Waals surface area contributed by atoms with Crippen molar-refractivity contribution in [1.29, 1.82) is 0 Å². The van der Waals surface area contributed by atoms with E-state index >= 15 is 0 Å². The van der Waals surface area contributed by atoms with Crippen LogP contribution in [0, 0.1) is 10.8 Å². The van der Waals surface area contributed by atoms with E-state index in [-0.39, 0.29) is 167 Å². The van der Waals surface area contributed by atoms with Crippen LogP contribution >= 0.6 is 0 Å². The molecule has 6 amide bonds. The van der Waals surface area contributed by atoms with Gasteiger partial charge in [-0.05, 0) is 24.3 Å². The summed E-state index contributed by atoms with van der Waals surface area (Å²) in [6, 6.07) is 0. The molecule has 0 atom stereocenters. The van der Waals surface area contributed by atoms with Crippen molar-refractivity contribution in [2.75, 3.05) is 132 Å². The fourth-order valence-corrected chi connectivity index (χ4v) is 4.77. The van der Waals surface area contributed by atoms with Crippen molar-refractivity contribution in [3.63, 3.8) is 0 Å². The molecule has 0 bridgehead atoms. The predicted molar refractivity (Wildman–Crippen MR) is 220 cm³/mol. The molecule has 0 unspecified atom stereocenters. The van der Waals surface area contributed by atoms with Crippen LogP contribution in [0.2, 0.25) is 0 Å². The molecule has 0 saturated carbocycles.